The fourth-order valence-corrected chi connectivity index (χ4v) is 10.8. The number of nitrogens with zero attached hydrogens (tertiary/aromatic N) is 3. The average molecular weight is 753 g/mol. The number of rotatable bonds is 8. The Morgan fingerprint density at radius 3 is 2.56 bits per heavy atom. The molecule has 1 aliphatic carbocycles. The van der Waals surface area contributed by atoms with Crippen LogP contribution in [0.2, 0.25) is 0 Å². The number of nitrogens with one attached hydrogen (secondary N) is 1. The maximum atomic E-state index is 14.7. The molecule has 3 amide bonds. The van der Waals surface area contributed by atoms with Crippen LogP contribution in [0.1, 0.15) is 90.4 Å². The number of fused-ring (bicyclic) bond motifs is 2. The van der Waals surface area contributed by atoms with Gasteiger partial charge >= 0.3 is 7.60 Å². The van der Waals surface area contributed by atoms with E-state index in [0.717, 1.165) is 38.5 Å². The van der Waals surface area contributed by atoms with Crippen LogP contribution in [0.25, 0.3) is 10.1 Å². The molecule has 7 atom stereocenters. The van der Waals surface area contributed by atoms with Crippen LogP contribution in [0.5, 0.6) is 0 Å². The second-order valence-electron chi connectivity index (χ2n) is 15.5. The molecule has 2 aromatic carbocycles. The number of hydrogen-bond acceptors (Lipinski definition) is 7. The third-order valence-electron chi connectivity index (χ3n) is 12.3. The first-order chi connectivity index (χ1) is 24.9. The third kappa shape index (κ3) is 6.73. The molecule has 3 aromatic rings. The molecule has 2 unspecified atom stereocenters. The number of ether oxygens (including phenoxy) is 1. The summed E-state index contributed by atoms with van der Waals surface area (Å²) in [6, 6.07) is 15.0. The molecule has 11 nitrogen and oxygen atoms in total. The molecule has 5 fully saturated rings. The predicted octanol–water partition coefficient (Wildman–Crippen LogP) is 5.33. The van der Waals surface area contributed by atoms with E-state index < -0.39 is 31.5 Å². The van der Waals surface area contributed by atoms with E-state index in [2.05, 4.69) is 34.3 Å². The highest BCUT2D eigenvalue weighted by Crippen LogP contribution is 2.55. The summed E-state index contributed by atoms with van der Waals surface area (Å²) in [7, 11) is -2.88. The first kappa shape index (κ1) is 35.8. The lowest BCUT2D eigenvalue weighted by molar-refractivity contribution is -0.148. The molecule has 278 valence electrons. The molecule has 0 radical (unpaired) electrons. The molecule has 1 aromatic heterocycles. The van der Waals surface area contributed by atoms with Gasteiger partial charge in [-0.05, 0) is 99.5 Å². The van der Waals surface area contributed by atoms with Gasteiger partial charge in [0, 0.05) is 47.4 Å². The summed E-state index contributed by atoms with van der Waals surface area (Å²) in [5, 5.41) is 3.50. The molecule has 52 heavy (non-hydrogen) atoms. The van der Waals surface area contributed by atoms with Gasteiger partial charge in [-0.3, -0.25) is 23.8 Å². The molecule has 3 N–H and O–H groups in total. The summed E-state index contributed by atoms with van der Waals surface area (Å²) < 4.78 is 32.4. The molecule has 1 saturated carbocycles. The highest BCUT2D eigenvalue weighted by atomic mass is 32.1. The fraction of sp³-hybridized carbons (Fsp3) is 0.553. The predicted molar refractivity (Wildman–Crippen MR) is 195 cm³/mol. The Hall–Kier alpha value is -3.19. The summed E-state index contributed by atoms with van der Waals surface area (Å²) in [5.41, 5.74) is 0.930. The summed E-state index contributed by atoms with van der Waals surface area (Å²) in [4.78, 5) is 68.4. The van der Waals surface area contributed by atoms with Crippen molar-refractivity contribution < 1.29 is 37.9 Å². The van der Waals surface area contributed by atoms with Crippen LogP contribution in [0.3, 0.4) is 0 Å². The number of alkyl halides is 1. The van der Waals surface area contributed by atoms with Crippen LogP contribution in [0, 0.1) is 0 Å². The van der Waals surface area contributed by atoms with E-state index in [0.29, 0.717) is 54.0 Å². The Labute approximate surface area is 306 Å². The van der Waals surface area contributed by atoms with Crippen molar-refractivity contribution in [1.29, 1.82) is 0 Å². The van der Waals surface area contributed by atoms with Gasteiger partial charge in [-0.25, -0.2) is 4.39 Å². The van der Waals surface area contributed by atoms with E-state index in [4.69, 9.17) is 4.74 Å². The quantitative estimate of drug-likeness (QED) is 0.263. The lowest BCUT2D eigenvalue weighted by atomic mass is 9.92. The van der Waals surface area contributed by atoms with Crippen molar-refractivity contribution in [2.75, 3.05) is 26.8 Å². The van der Waals surface area contributed by atoms with Crippen LogP contribution < -0.4 is 5.32 Å². The van der Waals surface area contributed by atoms with E-state index >= 15 is 0 Å². The van der Waals surface area contributed by atoms with Crippen molar-refractivity contribution >= 4 is 46.7 Å². The number of carbonyl (C=O) groups excluding carboxylic acids is 3. The zero-order valence-corrected chi connectivity index (χ0v) is 30.9. The smallest absolute Gasteiger partial charge is 0.363 e. The number of carbonyl (C=O) groups is 3. The van der Waals surface area contributed by atoms with Crippen LogP contribution in [-0.2, 0) is 18.9 Å². The minimum absolute atomic E-state index is 0.0216. The van der Waals surface area contributed by atoms with E-state index in [1.165, 1.54) is 29.0 Å². The SMILES string of the molecule is CN(C1CCOC1)[C@H]1CCC(NC(=O)c2cc3cc([C@H](F)P(=O)(O)O)ccc3s2)C(=O)N2[C@H](CC[C@H]2C(=O)N2C[C@H](c3ccccc3)CC23CC3)C1. The monoisotopic (exact) mass is 752 g/mol. The minimum atomic E-state index is -5.00. The first-order valence-electron chi connectivity index (χ1n) is 18.4. The largest absolute Gasteiger partial charge is 0.380 e. The molecular weight excluding hydrogens is 706 g/mol. The van der Waals surface area contributed by atoms with Gasteiger partial charge < -0.3 is 29.6 Å². The van der Waals surface area contributed by atoms with E-state index in [1.54, 1.807) is 12.1 Å². The van der Waals surface area contributed by atoms with Crippen LogP contribution >= 0.6 is 18.9 Å². The van der Waals surface area contributed by atoms with Crippen LogP contribution in [0.4, 0.5) is 4.39 Å². The van der Waals surface area contributed by atoms with E-state index in [1.807, 2.05) is 23.1 Å². The molecule has 8 rings (SSSR count). The minimum Gasteiger partial charge on any atom is -0.380 e. The maximum Gasteiger partial charge on any atom is 0.363 e. The Balaban J connectivity index is 1.05. The van der Waals surface area contributed by atoms with Crippen molar-refractivity contribution in [3.05, 3.63) is 70.6 Å². The fourth-order valence-electron chi connectivity index (χ4n) is 9.29. The average Bonchev–Trinajstić information content (AvgIpc) is 3.60. The normalized spacial score (nSPS) is 29.4. The standard InChI is InChI=1S/C38H46FN4O7PS/c1-41(29-13-16-50-22-29)27-8-10-30(40-35(44)33-18-25-17-24(7-12-32(25)52-33)34(39)51(47,48)49)36(45)43-28(19-27)9-11-31(43)37(46)42-21-26(20-38(42)14-15-38)23-5-3-2-4-6-23/h2-7,12,17-18,26-31,34H,8-11,13-16,19-22H2,1H3,(H,40,44)(H2,47,48,49)/t26-,27+,28-,29?,30?,31+,34-/m1/s1. The highest BCUT2D eigenvalue weighted by Gasteiger charge is 2.58. The first-order valence-corrected chi connectivity index (χ1v) is 20.9. The second-order valence-corrected chi connectivity index (χ2v) is 18.2. The van der Waals surface area contributed by atoms with Gasteiger partial charge in [-0.15, -0.1) is 11.3 Å². The summed E-state index contributed by atoms with van der Waals surface area (Å²) >= 11 is 1.17. The lowest BCUT2D eigenvalue weighted by Crippen LogP contribution is -2.59. The van der Waals surface area contributed by atoms with Gasteiger partial charge in [0.2, 0.25) is 17.7 Å². The zero-order chi connectivity index (χ0) is 36.4. The van der Waals surface area contributed by atoms with E-state index in [9.17, 15) is 33.1 Å². The number of halogens is 1. The van der Waals surface area contributed by atoms with Crippen molar-refractivity contribution in [2.45, 2.75) is 105 Å². The van der Waals surface area contributed by atoms with Gasteiger partial charge in [0.1, 0.15) is 12.1 Å². The highest BCUT2D eigenvalue weighted by molar-refractivity contribution is 7.51. The number of thiophene rings is 1. The Kier molecular flexibility index (Phi) is 9.58. The van der Waals surface area contributed by atoms with Gasteiger partial charge in [0.15, 0.2) is 0 Å². The molecule has 14 heteroatoms. The summed E-state index contributed by atoms with van der Waals surface area (Å²) in [5.74, 6) is -2.87. The molecule has 4 saturated heterocycles. The lowest BCUT2D eigenvalue weighted by Gasteiger charge is -2.42. The van der Waals surface area contributed by atoms with Crippen molar-refractivity contribution in [2.24, 2.45) is 0 Å². The Bertz CT molecular complexity index is 1900. The molecular formula is C38H46FN4O7PS. The van der Waals surface area contributed by atoms with Crippen molar-refractivity contribution in [1.82, 2.24) is 20.0 Å². The van der Waals surface area contributed by atoms with E-state index in [-0.39, 0.29) is 47.0 Å². The topological polar surface area (TPSA) is 140 Å². The molecule has 5 heterocycles. The number of amides is 3. The number of benzene rings is 2. The van der Waals surface area contributed by atoms with Gasteiger partial charge in [0.25, 0.3) is 5.91 Å². The maximum absolute atomic E-state index is 14.7. The van der Waals surface area contributed by atoms with Gasteiger partial charge in [0.05, 0.1) is 11.5 Å². The summed E-state index contributed by atoms with van der Waals surface area (Å²) in [6.07, 6.45) is 6.98. The third-order valence-corrected chi connectivity index (χ3v) is 14.3. The van der Waals surface area contributed by atoms with Crippen molar-refractivity contribution in [3.8, 4) is 0 Å². The summed E-state index contributed by atoms with van der Waals surface area (Å²) in [6.45, 7) is 2.02. The van der Waals surface area contributed by atoms with Gasteiger partial charge in [-0.2, -0.15) is 0 Å². The molecule has 1 spiro atoms. The van der Waals surface area contributed by atoms with Crippen LogP contribution in [0.15, 0.2) is 54.6 Å². The molecule has 5 aliphatic rings. The van der Waals surface area contributed by atoms with Gasteiger partial charge in [-0.1, -0.05) is 36.4 Å². The zero-order valence-electron chi connectivity index (χ0n) is 29.2. The van der Waals surface area contributed by atoms with Crippen LogP contribution in [-0.4, -0.2) is 105 Å². The van der Waals surface area contributed by atoms with Crippen molar-refractivity contribution in [3.63, 3.8) is 0 Å². The Morgan fingerprint density at radius 2 is 1.85 bits per heavy atom. The number of hydrogen-bond donors (Lipinski definition) is 3. The Morgan fingerprint density at radius 1 is 1.06 bits per heavy atom. The number of likely N-dealkylation sites (tertiary alicyclic amines) is 1. The number of likely N-dealkylation sites (N-methyl/N-ethyl adjacent to an activating group) is 1. The molecule has 4 aliphatic heterocycles. The molecule has 0 bridgehead atoms. The second kappa shape index (κ2) is 13.9.